The Morgan fingerprint density at radius 2 is 1.85 bits per heavy atom. The molecule has 3 aliphatic rings. The van der Waals surface area contributed by atoms with Crippen LogP contribution >= 0.6 is 0 Å². The third-order valence-electron chi connectivity index (χ3n) is 7.14. The first kappa shape index (κ1) is 20.6. The van der Waals surface area contributed by atoms with Gasteiger partial charge in [-0.1, -0.05) is 19.3 Å². The van der Waals surface area contributed by atoms with Crippen molar-refractivity contribution in [2.75, 3.05) is 33.2 Å². The highest BCUT2D eigenvalue weighted by Crippen LogP contribution is 2.33. The second-order valence-corrected chi connectivity index (χ2v) is 8.50. The van der Waals surface area contributed by atoms with Crippen molar-refractivity contribution >= 4 is 11.8 Å². The van der Waals surface area contributed by atoms with Crippen LogP contribution in [0.1, 0.15) is 65.2 Å². The molecular weight excluding hydrogens is 340 g/mol. The molecule has 2 amide bonds. The van der Waals surface area contributed by atoms with Crippen molar-refractivity contribution in [3.05, 3.63) is 0 Å². The Balaban J connectivity index is 1.63. The molecule has 0 spiro atoms. The van der Waals surface area contributed by atoms with Crippen LogP contribution in [-0.4, -0.2) is 83.9 Å². The van der Waals surface area contributed by atoms with E-state index >= 15 is 0 Å². The van der Waals surface area contributed by atoms with E-state index in [9.17, 15) is 9.59 Å². The number of nitrogens with one attached hydrogen (secondary N) is 1. The first-order valence-corrected chi connectivity index (χ1v) is 11.1. The van der Waals surface area contributed by atoms with Gasteiger partial charge in [-0.15, -0.1) is 0 Å². The molecule has 6 heteroatoms. The second kappa shape index (κ2) is 9.37. The number of amides is 2. The maximum atomic E-state index is 12.9. The quantitative estimate of drug-likeness (QED) is 0.766. The van der Waals surface area contributed by atoms with Gasteiger partial charge in [0.1, 0.15) is 6.04 Å². The SMILES string of the molecule is CCN(CC)C(=O)CC[C@H]1CNC(=O)[C@@H]2[C@@H](CCN2C2CCCCC2)N1C. The first-order valence-electron chi connectivity index (χ1n) is 11.1. The number of fused-ring (bicyclic) bond motifs is 1. The van der Waals surface area contributed by atoms with Gasteiger partial charge in [-0.2, -0.15) is 0 Å². The van der Waals surface area contributed by atoms with Crippen LogP contribution in [0, 0.1) is 0 Å². The highest BCUT2D eigenvalue weighted by atomic mass is 16.2. The summed E-state index contributed by atoms with van der Waals surface area (Å²) >= 11 is 0. The van der Waals surface area contributed by atoms with Crippen molar-refractivity contribution in [2.24, 2.45) is 0 Å². The van der Waals surface area contributed by atoms with Crippen molar-refractivity contribution in [3.8, 4) is 0 Å². The highest BCUT2D eigenvalue weighted by molar-refractivity contribution is 5.83. The molecule has 1 saturated carbocycles. The molecule has 3 rings (SSSR count). The summed E-state index contributed by atoms with van der Waals surface area (Å²) in [5.74, 6) is 0.434. The van der Waals surface area contributed by atoms with Crippen LogP contribution < -0.4 is 5.32 Å². The van der Waals surface area contributed by atoms with Crippen molar-refractivity contribution < 1.29 is 9.59 Å². The van der Waals surface area contributed by atoms with Gasteiger partial charge in [0.25, 0.3) is 0 Å². The summed E-state index contributed by atoms with van der Waals surface area (Å²) in [6.45, 7) is 7.29. The fraction of sp³-hybridized carbons (Fsp3) is 0.905. The summed E-state index contributed by atoms with van der Waals surface area (Å²) in [4.78, 5) is 32.1. The van der Waals surface area contributed by atoms with Crippen molar-refractivity contribution in [3.63, 3.8) is 0 Å². The van der Waals surface area contributed by atoms with E-state index in [0.717, 1.165) is 32.5 Å². The number of carbonyl (C=O) groups excluding carboxylic acids is 2. The normalized spacial score (nSPS) is 30.6. The molecule has 3 atom stereocenters. The molecule has 3 fully saturated rings. The lowest BCUT2D eigenvalue weighted by molar-refractivity contribution is -0.131. The highest BCUT2D eigenvalue weighted by Gasteiger charge is 2.47. The fourth-order valence-electron chi connectivity index (χ4n) is 5.44. The van der Waals surface area contributed by atoms with E-state index in [4.69, 9.17) is 0 Å². The lowest BCUT2D eigenvalue weighted by Gasteiger charge is -2.37. The van der Waals surface area contributed by atoms with Gasteiger partial charge in [-0.05, 0) is 46.6 Å². The van der Waals surface area contributed by atoms with Crippen molar-refractivity contribution in [1.82, 2.24) is 20.0 Å². The van der Waals surface area contributed by atoms with E-state index < -0.39 is 0 Å². The van der Waals surface area contributed by atoms with Crippen LogP contribution in [0.3, 0.4) is 0 Å². The Labute approximate surface area is 164 Å². The number of carbonyl (C=O) groups is 2. The minimum atomic E-state index is -0.0124. The van der Waals surface area contributed by atoms with Gasteiger partial charge in [-0.25, -0.2) is 0 Å². The first-order chi connectivity index (χ1) is 13.1. The molecule has 0 aromatic heterocycles. The lowest BCUT2D eigenvalue weighted by atomic mass is 9.93. The Morgan fingerprint density at radius 1 is 1.15 bits per heavy atom. The smallest absolute Gasteiger partial charge is 0.239 e. The van der Waals surface area contributed by atoms with Crippen LogP contribution in [0.25, 0.3) is 0 Å². The molecule has 0 unspecified atom stereocenters. The van der Waals surface area contributed by atoms with Gasteiger partial charge in [-0.3, -0.25) is 19.4 Å². The molecule has 154 valence electrons. The molecule has 0 bridgehead atoms. The lowest BCUT2D eigenvalue weighted by Crippen LogP contribution is -2.53. The van der Waals surface area contributed by atoms with E-state index in [0.29, 0.717) is 19.0 Å². The zero-order valence-electron chi connectivity index (χ0n) is 17.5. The summed E-state index contributed by atoms with van der Waals surface area (Å²) < 4.78 is 0. The van der Waals surface area contributed by atoms with Crippen molar-refractivity contribution in [2.45, 2.75) is 89.4 Å². The molecule has 6 nitrogen and oxygen atoms in total. The zero-order valence-corrected chi connectivity index (χ0v) is 17.5. The number of hydrogen-bond donors (Lipinski definition) is 1. The van der Waals surface area contributed by atoms with E-state index in [1.54, 1.807) is 0 Å². The van der Waals surface area contributed by atoms with E-state index in [2.05, 4.69) is 22.2 Å². The predicted molar refractivity (Wildman–Crippen MR) is 107 cm³/mol. The third-order valence-corrected chi connectivity index (χ3v) is 7.14. The van der Waals surface area contributed by atoms with Gasteiger partial charge in [0, 0.05) is 50.7 Å². The number of nitrogens with zero attached hydrogens (tertiary/aromatic N) is 3. The molecule has 1 aliphatic carbocycles. The van der Waals surface area contributed by atoms with Crippen LogP contribution in [-0.2, 0) is 9.59 Å². The standard InChI is InChI=1S/C21H38N4O2/c1-4-24(5-2)19(26)12-11-17-15-22-21(27)20-18(23(17)3)13-14-25(20)16-9-7-6-8-10-16/h16-18,20H,4-15H2,1-3H3,(H,22,27)/t17-,18+,20-/m0/s1. The van der Waals surface area contributed by atoms with Gasteiger partial charge in [0.2, 0.25) is 11.8 Å². The monoisotopic (exact) mass is 378 g/mol. The van der Waals surface area contributed by atoms with Crippen LogP contribution in [0.15, 0.2) is 0 Å². The largest absolute Gasteiger partial charge is 0.353 e. The van der Waals surface area contributed by atoms with Gasteiger partial charge >= 0.3 is 0 Å². The summed E-state index contributed by atoms with van der Waals surface area (Å²) in [6, 6.07) is 1.09. The molecule has 2 heterocycles. The zero-order chi connectivity index (χ0) is 19.4. The van der Waals surface area contributed by atoms with E-state index in [-0.39, 0.29) is 29.9 Å². The fourth-order valence-corrected chi connectivity index (χ4v) is 5.44. The maximum Gasteiger partial charge on any atom is 0.239 e. The van der Waals surface area contributed by atoms with Crippen LogP contribution in [0.2, 0.25) is 0 Å². The summed E-state index contributed by atoms with van der Waals surface area (Å²) in [6.07, 6.45) is 8.86. The summed E-state index contributed by atoms with van der Waals surface area (Å²) in [7, 11) is 2.16. The number of likely N-dealkylation sites (N-methyl/N-ethyl adjacent to an activating group) is 1. The average Bonchev–Trinajstić information content (AvgIpc) is 3.09. The Bertz CT molecular complexity index is 516. The Hall–Kier alpha value is -1.14. The third kappa shape index (κ3) is 4.48. The molecule has 0 radical (unpaired) electrons. The molecule has 2 saturated heterocycles. The molecule has 1 N–H and O–H groups in total. The Morgan fingerprint density at radius 3 is 2.52 bits per heavy atom. The summed E-state index contributed by atoms with van der Waals surface area (Å²) in [5, 5.41) is 3.20. The number of rotatable bonds is 6. The number of likely N-dealkylation sites (tertiary alicyclic amines) is 1. The second-order valence-electron chi connectivity index (χ2n) is 8.50. The molecule has 0 aromatic carbocycles. The number of hydrogen-bond acceptors (Lipinski definition) is 4. The molecule has 0 aromatic rings. The summed E-state index contributed by atoms with van der Waals surface area (Å²) in [5.41, 5.74) is 0. The molecule has 2 aliphatic heterocycles. The van der Waals surface area contributed by atoms with Crippen LogP contribution in [0.5, 0.6) is 0 Å². The van der Waals surface area contributed by atoms with Gasteiger partial charge < -0.3 is 10.2 Å². The molecular formula is C21H38N4O2. The van der Waals surface area contributed by atoms with Gasteiger partial charge in [0.05, 0.1) is 0 Å². The predicted octanol–water partition coefficient (Wildman–Crippen LogP) is 1.84. The molecule has 27 heavy (non-hydrogen) atoms. The minimum Gasteiger partial charge on any atom is -0.353 e. The van der Waals surface area contributed by atoms with E-state index in [1.165, 1.54) is 32.1 Å². The Kier molecular flexibility index (Phi) is 7.15. The van der Waals surface area contributed by atoms with Crippen LogP contribution in [0.4, 0.5) is 0 Å². The van der Waals surface area contributed by atoms with Gasteiger partial charge in [0.15, 0.2) is 0 Å². The van der Waals surface area contributed by atoms with Crippen molar-refractivity contribution in [1.29, 1.82) is 0 Å². The van der Waals surface area contributed by atoms with E-state index in [1.807, 2.05) is 18.7 Å². The minimum absolute atomic E-state index is 0.0124. The average molecular weight is 379 g/mol. The maximum absolute atomic E-state index is 12.9. The topological polar surface area (TPSA) is 55.9 Å².